The fraction of sp³-hybridized carbons (Fsp3) is 0.474. The van der Waals surface area contributed by atoms with Gasteiger partial charge in [-0.25, -0.2) is 0 Å². The smallest absolute Gasteiger partial charge is 0.245 e. The maximum absolute atomic E-state index is 13.0. The highest BCUT2D eigenvalue weighted by Crippen LogP contribution is 2.32. The van der Waals surface area contributed by atoms with Crippen molar-refractivity contribution in [3.8, 4) is 17.0 Å². The molecule has 0 aliphatic carbocycles. The molecule has 0 bridgehead atoms. The molecule has 9 nitrogen and oxygen atoms in total. The molecule has 0 aromatic carbocycles. The molecule has 9 heteroatoms. The number of aromatic nitrogens is 3. The Morgan fingerprint density at radius 1 is 1.32 bits per heavy atom. The van der Waals surface area contributed by atoms with E-state index in [9.17, 15) is 9.59 Å². The van der Waals surface area contributed by atoms with E-state index in [4.69, 9.17) is 4.74 Å². The fourth-order valence-electron chi connectivity index (χ4n) is 4.06. The first-order valence-electron chi connectivity index (χ1n) is 9.43. The number of nitrogens with zero attached hydrogens (tertiary/aromatic N) is 4. The monoisotopic (exact) mass is 384 g/mol. The Morgan fingerprint density at radius 2 is 2.18 bits per heavy atom. The van der Waals surface area contributed by atoms with Crippen molar-refractivity contribution in [2.75, 3.05) is 31.6 Å². The van der Waals surface area contributed by atoms with Gasteiger partial charge in [-0.15, -0.1) is 0 Å². The minimum Gasteiger partial charge on any atom is -0.480 e. The lowest BCUT2D eigenvalue weighted by atomic mass is 10.1. The summed E-state index contributed by atoms with van der Waals surface area (Å²) in [6.07, 6.45) is 5.10. The van der Waals surface area contributed by atoms with Crippen LogP contribution in [0, 0.1) is 0 Å². The quantitative estimate of drug-likeness (QED) is 0.790. The molecule has 4 heterocycles. The molecule has 148 valence electrons. The lowest BCUT2D eigenvalue weighted by Gasteiger charge is -2.23. The zero-order valence-electron chi connectivity index (χ0n) is 16.0. The number of carbonyl (C=O) groups is 2. The molecule has 2 aromatic rings. The van der Waals surface area contributed by atoms with E-state index in [0.29, 0.717) is 24.8 Å². The summed E-state index contributed by atoms with van der Waals surface area (Å²) in [4.78, 5) is 32.8. The first-order chi connectivity index (χ1) is 13.6. The summed E-state index contributed by atoms with van der Waals surface area (Å²) in [7, 11) is 1.57. The van der Waals surface area contributed by atoms with E-state index in [1.165, 1.54) is 6.92 Å². The minimum atomic E-state index is -0.167. The number of pyridine rings is 1. The van der Waals surface area contributed by atoms with Gasteiger partial charge in [-0.1, -0.05) is 0 Å². The molecule has 2 N–H and O–H groups in total. The Hall–Kier alpha value is -2.94. The zero-order chi connectivity index (χ0) is 19.7. The summed E-state index contributed by atoms with van der Waals surface area (Å²) in [5, 5.41) is 9.68. The van der Waals surface area contributed by atoms with Crippen LogP contribution < -0.4 is 15.0 Å². The van der Waals surface area contributed by atoms with Crippen molar-refractivity contribution in [1.29, 1.82) is 0 Å². The van der Waals surface area contributed by atoms with E-state index in [0.717, 1.165) is 30.5 Å². The van der Waals surface area contributed by atoms with Gasteiger partial charge in [0, 0.05) is 49.9 Å². The maximum atomic E-state index is 13.0. The number of rotatable bonds is 5. The third-order valence-electron chi connectivity index (χ3n) is 5.37. The number of amides is 2. The number of hydrogen-bond donors (Lipinski definition) is 2. The Bertz CT molecular complexity index is 869. The van der Waals surface area contributed by atoms with Gasteiger partial charge in [0.15, 0.2) is 0 Å². The minimum absolute atomic E-state index is 0.0276. The number of methoxy groups -OCH3 is 1. The molecule has 28 heavy (non-hydrogen) atoms. The number of likely N-dealkylation sites (tertiary alicyclic amines) is 1. The molecule has 1 unspecified atom stereocenters. The van der Waals surface area contributed by atoms with E-state index >= 15 is 0 Å². The molecule has 2 amide bonds. The molecule has 4 rings (SSSR count). The van der Waals surface area contributed by atoms with Crippen LogP contribution in [0.25, 0.3) is 11.1 Å². The molecular weight excluding hydrogens is 360 g/mol. The third-order valence-corrected chi connectivity index (χ3v) is 5.37. The molecule has 2 fully saturated rings. The molecule has 2 atom stereocenters. The molecule has 2 saturated heterocycles. The maximum Gasteiger partial charge on any atom is 0.245 e. The highest BCUT2D eigenvalue weighted by atomic mass is 16.5. The van der Waals surface area contributed by atoms with Crippen LogP contribution >= 0.6 is 0 Å². The summed E-state index contributed by atoms with van der Waals surface area (Å²) in [5.74, 6) is 1.07. The number of H-pyrrole nitrogens is 1. The van der Waals surface area contributed by atoms with E-state index in [-0.39, 0.29) is 23.9 Å². The number of ether oxygens (including phenoxy) is 1. The normalized spacial score (nSPS) is 22.6. The Labute approximate surface area is 163 Å². The van der Waals surface area contributed by atoms with Crippen LogP contribution in [0.5, 0.6) is 5.88 Å². The second-order valence-corrected chi connectivity index (χ2v) is 7.19. The van der Waals surface area contributed by atoms with Crippen molar-refractivity contribution in [3.05, 3.63) is 24.5 Å². The summed E-state index contributed by atoms with van der Waals surface area (Å²) in [5.41, 5.74) is 1.70. The van der Waals surface area contributed by atoms with Crippen molar-refractivity contribution in [2.24, 2.45) is 0 Å². The van der Waals surface area contributed by atoms with E-state index in [1.54, 1.807) is 24.4 Å². The van der Waals surface area contributed by atoms with Crippen LogP contribution in [0.4, 0.5) is 5.82 Å². The van der Waals surface area contributed by atoms with Crippen LogP contribution in [0.15, 0.2) is 24.5 Å². The van der Waals surface area contributed by atoms with Crippen molar-refractivity contribution in [1.82, 2.24) is 25.4 Å². The molecule has 2 aliphatic heterocycles. The highest BCUT2D eigenvalue weighted by Gasteiger charge is 2.40. The van der Waals surface area contributed by atoms with Gasteiger partial charge < -0.3 is 10.1 Å². The Kier molecular flexibility index (Phi) is 4.99. The van der Waals surface area contributed by atoms with Gasteiger partial charge >= 0.3 is 0 Å². The first-order valence-corrected chi connectivity index (χ1v) is 9.43. The van der Waals surface area contributed by atoms with Gasteiger partial charge in [0.25, 0.3) is 0 Å². The number of aromatic amines is 1. The second kappa shape index (κ2) is 7.59. The van der Waals surface area contributed by atoms with E-state index in [2.05, 4.69) is 25.4 Å². The largest absolute Gasteiger partial charge is 0.480 e. The summed E-state index contributed by atoms with van der Waals surface area (Å²) >= 11 is 0. The second-order valence-electron chi connectivity index (χ2n) is 7.19. The fourth-order valence-corrected chi connectivity index (χ4v) is 4.06. The average molecular weight is 384 g/mol. The molecule has 0 saturated carbocycles. The first kappa shape index (κ1) is 18.4. The van der Waals surface area contributed by atoms with E-state index in [1.807, 2.05) is 12.1 Å². The predicted molar refractivity (Wildman–Crippen MR) is 103 cm³/mol. The van der Waals surface area contributed by atoms with Crippen molar-refractivity contribution in [3.63, 3.8) is 0 Å². The number of nitrogens with one attached hydrogen (secondary N) is 2. The topological polar surface area (TPSA) is 103 Å². The third kappa shape index (κ3) is 3.45. The number of anilines is 1. The van der Waals surface area contributed by atoms with Crippen molar-refractivity contribution in [2.45, 2.75) is 31.8 Å². The predicted octanol–water partition coefficient (Wildman–Crippen LogP) is 0.796. The van der Waals surface area contributed by atoms with Crippen LogP contribution in [-0.4, -0.2) is 70.7 Å². The Balaban J connectivity index is 1.49. The Morgan fingerprint density at radius 3 is 2.89 bits per heavy atom. The standard InChI is InChI=1S/C19H24N6O3/c1-12(26)22-14-5-7-24(11-14)16-6-8-25(19(16)27)17-4-3-15(18(23-17)28-2)13-9-20-21-10-13/h3-4,9-10,14,16H,5-8,11H2,1-2H3,(H,20,21)(H,22,26)/t14-,16?/m0/s1. The summed E-state index contributed by atoms with van der Waals surface area (Å²) < 4.78 is 5.44. The summed E-state index contributed by atoms with van der Waals surface area (Å²) in [6.45, 7) is 3.66. The molecular formula is C19H24N6O3. The van der Waals surface area contributed by atoms with Crippen LogP contribution in [0.3, 0.4) is 0 Å². The lowest BCUT2D eigenvalue weighted by molar-refractivity contribution is -0.121. The summed E-state index contributed by atoms with van der Waals surface area (Å²) in [6, 6.07) is 3.69. The van der Waals surface area contributed by atoms with E-state index < -0.39 is 0 Å². The van der Waals surface area contributed by atoms with Crippen LogP contribution in [0.2, 0.25) is 0 Å². The number of carbonyl (C=O) groups excluding carboxylic acids is 2. The molecule has 0 radical (unpaired) electrons. The molecule has 2 aliphatic rings. The van der Waals surface area contributed by atoms with Gasteiger partial charge in [-0.2, -0.15) is 10.1 Å². The van der Waals surface area contributed by atoms with Gasteiger partial charge in [0.05, 0.1) is 19.3 Å². The number of hydrogen-bond acceptors (Lipinski definition) is 6. The van der Waals surface area contributed by atoms with Crippen LogP contribution in [-0.2, 0) is 9.59 Å². The highest BCUT2D eigenvalue weighted by molar-refractivity contribution is 5.99. The van der Waals surface area contributed by atoms with Crippen molar-refractivity contribution < 1.29 is 14.3 Å². The lowest BCUT2D eigenvalue weighted by Crippen LogP contribution is -2.43. The average Bonchev–Trinajstić information content (AvgIpc) is 3.42. The van der Waals surface area contributed by atoms with Gasteiger partial charge in [-0.05, 0) is 25.0 Å². The molecule has 0 spiro atoms. The molecule has 2 aromatic heterocycles. The zero-order valence-corrected chi connectivity index (χ0v) is 16.0. The van der Waals surface area contributed by atoms with Crippen molar-refractivity contribution >= 4 is 17.6 Å². The van der Waals surface area contributed by atoms with Gasteiger partial charge in [-0.3, -0.25) is 24.5 Å². The SMILES string of the molecule is COc1nc(N2CCC(N3CC[C@H](NC(C)=O)C3)C2=O)ccc1-c1cn[nH]c1. The van der Waals surface area contributed by atoms with Gasteiger partial charge in [0.2, 0.25) is 17.7 Å². The van der Waals surface area contributed by atoms with Gasteiger partial charge in [0.1, 0.15) is 5.82 Å². The van der Waals surface area contributed by atoms with Crippen LogP contribution in [0.1, 0.15) is 19.8 Å².